The Kier molecular flexibility index (Phi) is 8.90. The molecule has 2 rings (SSSR count). The molecule has 0 aromatic heterocycles. The fourth-order valence-electron chi connectivity index (χ4n) is 2.68. The van der Waals surface area contributed by atoms with Crippen molar-refractivity contribution in [3.63, 3.8) is 0 Å². The van der Waals surface area contributed by atoms with Gasteiger partial charge in [-0.25, -0.2) is 4.79 Å². The maximum absolute atomic E-state index is 12.5. The van der Waals surface area contributed by atoms with Gasteiger partial charge in [0, 0.05) is 13.0 Å². The van der Waals surface area contributed by atoms with Crippen LogP contribution in [0.15, 0.2) is 60.7 Å². The molecule has 0 radical (unpaired) electrons. The molecular formula is C22H28N2O3. The lowest BCUT2D eigenvalue weighted by Crippen LogP contribution is -2.48. The second-order valence-corrected chi connectivity index (χ2v) is 6.45. The number of hydrogen-bond acceptors (Lipinski definition) is 3. The Bertz CT molecular complexity index is 689. The molecule has 27 heavy (non-hydrogen) atoms. The van der Waals surface area contributed by atoms with Crippen LogP contribution in [0.1, 0.15) is 37.3 Å². The molecule has 2 amide bonds. The molecule has 0 fully saturated rings. The van der Waals surface area contributed by atoms with E-state index in [1.54, 1.807) is 0 Å². The van der Waals surface area contributed by atoms with Gasteiger partial charge in [0.15, 0.2) is 0 Å². The summed E-state index contributed by atoms with van der Waals surface area (Å²) in [6.45, 7) is 2.89. The molecule has 2 aromatic carbocycles. The lowest BCUT2D eigenvalue weighted by Gasteiger charge is -2.18. The van der Waals surface area contributed by atoms with Gasteiger partial charge in [-0.3, -0.25) is 4.79 Å². The number of benzene rings is 2. The predicted octanol–water partition coefficient (Wildman–Crippen LogP) is 3.83. The topological polar surface area (TPSA) is 67.4 Å². The van der Waals surface area contributed by atoms with Crippen LogP contribution in [-0.2, 0) is 22.6 Å². The van der Waals surface area contributed by atoms with Crippen molar-refractivity contribution < 1.29 is 14.3 Å². The first-order chi connectivity index (χ1) is 13.2. The third-order valence-corrected chi connectivity index (χ3v) is 4.18. The van der Waals surface area contributed by atoms with E-state index in [1.165, 1.54) is 0 Å². The molecule has 5 heteroatoms. The van der Waals surface area contributed by atoms with Crippen molar-refractivity contribution >= 4 is 12.0 Å². The van der Waals surface area contributed by atoms with E-state index in [4.69, 9.17) is 4.74 Å². The van der Waals surface area contributed by atoms with Crippen LogP contribution >= 0.6 is 0 Å². The number of carbonyl (C=O) groups excluding carboxylic acids is 2. The van der Waals surface area contributed by atoms with E-state index in [1.807, 2.05) is 60.7 Å². The van der Waals surface area contributed by atoms with Gasteiger partial charge < -0.3 is 15.4 Å². The van der Waals surface area contributed by atoms with Crippen molar-refractivity contribution in [3.8, 4) is 0 Å². The second-order valence-electron chi connectivity index (χ2n) is 6.45. The molecule has 0 heterocycles. The highest BCUT2D eigenvalue weighted by molar-refractivity contribution is 5.85. The molecule has 2 N–H and O–H groups in total. The third kappa shape index (κ3) is 7.94. The molecule has 0 aliphatic carbocycles. The zero-order valence-electron chi connectivity index (χ0n) is 15.8. The number of amides is 2. The van der Waals surface area contributed by atoms with Crippen molar-refractivity contribution in [2.45, 2.75) is 45.3 Å². The average molecular weight is 368 g/mol. The van der Waals surface area contributed by atoms with Crippen LogP contribution < -0.4 is 10.6 Å². The zero-order valence-corrected chi connectivity index (χ0v) is 15.8. The monoisotopic (exact) mass is 368 g/mol. The Morgan fingerprint density at radius 2 is 1.56 bits per heavy atom. The van der Waals surface area contributed by atoms with Gasteiger partial charge in [-0.1, -0.05) is 80.4 Å². The number of hydrogen-bond donors (Lipinski definition) is 2. The van der Waals surface area contributed by atoms with E-state index in [0.717, 1.165) is 30.4 Å². The molecule has 144 valence electrons. The third-order valence-electron chi connectivity index (χ3n) is 4.18. The number of unbranched alkanes of at least 4 members (excludes halogenated alkanes) is 2. The maximum atomic E-state index is 12.5. The van der Waals surface area contributed by atoms with E-state index >= 15 is 0 Å². The van der Waals surface area contributed by atoms with E-state index in [-0.39, 0.29) is 12.5 Å². The molecular weight excluding hydrogens is 340 g/mol. The highest BCUT2D eigenvalue weighted by atomic mass is 16.5. The predicted molar refractivity (Wildman–Crippen MR) is 106 cm³/mol. The van der Waals surface area contributed by atoms with Gasteiger partial charge >= 0.3 is 6.09 Å². The fourth-order valence-corrected chi connectivity index (χ4v) is 2.68. The van der Waals surface area contributed by atoms with Crippen LogP contribution in [0.25, 0.3) is 0 Å². The Hall–Kier alpha value is -2.82. The molecule has 0 saturated carbocycles. The van der Waals surface area contributed by atoms with Crippen LogP contribution in [0, 0.1) is 0 Å². The summed E-state index contributed by atoms with van der Waals surface area (Å²) in [6, 6.07) is 18.4. The summed E-state index contributed by atoms with van der Waals surface area (Å²) < 4.78 is 5.26. The van der Waals surface area contributed by atoms with Crippen molar-refractivity contribution in [1.29, 1.82) is 0 Å². The summed E-state index contributed by atoms with van der Waals surface area (Å²) >= 11 is 0. The molecule has 0 aliphatic rings. The molecule has 0 saturated heterocycles. The van der Waals surface area contributed by atoms with Crippen molar-refractivity contribution in [1.82, 2.24) is 10.6 Å². The highest BCUT2D eigenvalue weighted by Crippen LogP contribution is 2.05. The van der Waals surface area contributed by atoms with Crippen LogP contribution in [0.2, 0.25) is 0 Å². The smallest absolute Gasteiger partial charge is 0.408 e. The molecule has 2 aromatic rings. The Balaban J connectivity index is 1.91. The quantitative estimate of drug-likeness (QED) is 0.626. The maximum Gasteiger partial charge on any atom is 0.408 e. The molecule has 1 atom stereocenters. The molecule has 0 aliphatic heterocycles. The normalized spacial score (nSPS) is 11.4. The van der Waals surface area contributed by atoms with Crippen LogP contribution in [0.3, 0.4) is 0 Å². The molecule has 5 nitrogen and oxygen atoms in total. The van der Waals surface area contributed by atoms with Crippen LogP contribution in [-0.4, -0.2) is 24.6 Å². The fraction of sp³-hybridized carbons (Fsp3) is 0.364. The number of nitrogens with one attached hydrogen (secondary N) is 2. The minimum absolute atomic E-state index is 0.169. The second kappa shape index (κ2) is 11.7. The Labute approximate surface area is 161 Å². The summed E-state index contributed by atoms with van der Waals surface area (Å²) in [5.74, 6) is -0.188. The van der Waals surface area contributed by atoms with Crippen LogP contribution in [0.4, 0.5) is 4.79 Å². The zero-order chi connectivity index (χ0) is 19.3. The summed E-state index contributed by atoms with van der Waals surface area (Å²) in [4.78, 5) is 24.7. The standard InChI is InChI=1S/C22H28N2O3/c1-2-3-10-15-23-21(25)20(16-18-11-6-4-7-12-18)24-22(26)27-17-19-13-8-5-9-14-19/h4-9,11-14,20H,2-3,10,15-17H2,1H3,(H,23,25)(H,24,26). The summed E-state index contributed by atoms with van der Waals surface area (Å²) in [7, 11) is 0. The van der Waals surface area contributed by atoms with Gasteiger partial charge in [-0.15, -0.1) is 0 Å². The Morgan fingerprint density at radius 1 is 0.926 bits per heavy atom. The number of ether oxygens (including phenoxy) is 1. The van der Waals surface area contributed by atoms with E-state index in [2.05, 4.69) is 17.6 Å². The van der Waals surface area contributed by atoms with E-state index in [0.29, 0.717) is 13.0 Å². The lowest BCUT2D eigenvalue weighted by atomic mass is 10.1. The van der Waals surface area contributed by atoms with Crippen LogP contribution in [0.5, 0.6) is 0 Å². The first-order valence-electron chi connectivity index (χ1n) is 9.48. The number of alkyl carbamates (subject to hydrolysis) is 1. The van der Waals surface area contributed by atoms with Crippen molar-refractivity contribution in [2.24, 2.45) is 0 Å². The van der Waals surface area contributed by atoms with Gasteiger partial charge in [-0.2, -0.15) is 0 Å². The van der Waals surface area contributed by atoms with E-state index in [9.17, 15) is 9.59 Å². The summed E-state index contributed by atoms with van der Waals surface area (Å²) in [5.41, 5.74) is 1.88. The minimum atomic E-state index is -0.669. The summed E-state index contributed by atoms with van der Waals surface area (Å²) in [6.07, 6.45) is 2.91. The van der Waals surface area contributed by atoms with Gasteiger partial charge in [0.05, 0.1) is 0 Å². The largest absolute Gasteiger partial charge is 0.445 e. The lowest BCUT2D eigenvalue weighted by molar-refractivity contribution is -0.123. The van der Waals surface area contributed by atoms with E-state index < -0.39 is 12.1 Å². The van der Waals surface area contributed by atoms with Gasteiger partial charge in [-0.05, 0) is 17.5 Å². The first-order valence-corrected chi connectivity index (χ1v) is 9.48. The molecule has 0 bridgehead atoms. The SMILES string of the molecule is CCCCCNC(=O)C(Cc1ccccc1)NC(=O)OCc1ccccc1. The number of rotatable bonds is 10. The van der Waals surface area contributed by atoms with Gasteiger partial charge in [0.2, 0.25) is 5.91 Å². The van der Waals surface area contributed by atoms with Gasteiger partial charge in [0.1, 0.15) is 12.6 Å². The number of carbonyl (C=O) groups is 2. The first kappa shape index (κ1) is 20.5. The minimum Gasteiger partial charge on any atom is -0.445 e. The van der Waals surface area contributed by atoms with Crippen molar-refractivity contribution in [3.05, 3.63) is 71.8 Å². The highest BCUT2D eigenvalue weighted by Gasteiger charge is 2.21. The summed E-state index contributed by atoms with van der Waals surface area (Å²) in [5, 5.41) is 5.61. The van der Waals surface area contributed by atoms with Crippen molar-refractivity contribution in [2.75, 3.05) is 6.54 Å². The Morgan fingerprint density at radius 3 is 2.19 bits per heavy atom. The van der Waals surface area contributed by atoms with Gasteiger partial charge in [0.25, 0.3) is 0 Å². The average Bonchev–Trinajstić information content (AvgIpc) is 2.70. The molecule has 1 unspecified atom stereocenters. The molecule has 0 spiro atoms.